The SMILES string of the molecule is CN1CCN(C(CNC(=O)C(=O)NCCCc2ccccc2)c2ccc(N(C)C)cc2)CC1. The molecule has 1 aliphatic rings. The summed E-state index contributed by atoms with van der Waals surface area (Å²) in [6.45, 7) is 4.72. The molecule has 0 aromatic heterocycles. The van der Waals surface area contributed by atoms with Crippen LogP contribution in [0.4, 0.5) is 5.69 Å². The Labute approximate surface area is 197 Å². The molecule has 1 saturated heterocycles. The molecule has 7 nitrogen and oxygen atoms in total. The van der Waals surface area contributed by atoms with Crippen LogP contribution < -0.4 is 15.5 Å². The number of aryl methyl sites for hydroxylation is 1. The molecule has 3 rings (SSSR count). The lowest BCUT2D eigenvalue weighted by Gasteiger charge is -2.38. The maximum absolute atomic E-state index is 12.5. The van der Waals surface area contributed by atoms with Crippen molar-refractivity contribution < 1.29 is 9.59 Å². The van der Waals surface area contributed by atoms with Crippen LogP contribution in [-0.2, 0) is 16.0 Å². The number of nitrogens with one attached hydrogen (secondary N) is 2. The third kappa shape index (κ3) is 7.58. The Kier molecular flexibility index (Phi) is 9.27. The molecule has 1 heterocycles. The van der Waals surface area contributed by atoms with Crippen molar-refractivity contribution in [2.75, 3.05) is 65.3 Å². The van der Waals surface area contributed by atoms with Crippen LogP contribution in [0.25, 0.3) is 0 Å². The fourth-order valence-corrected chi connectivity index (χ4v) is 4.08. The van der Waals surface area contributed by atoms with Gasteiger partial charge in [0.05, 0.1) is 6.04 Å². The van der Waals surface area contributed by atoms with Crippen molar-refractivity contribution in [2.24, 2.45) is 0 Å². The van der Waals surface area contributed by atoms with E-state index >= 15 is 0 Å². The molecule has 0 spiro atoms. The standard InChI is InChI=1S/C26H37N5O2/c1-29(2)23-13-11-22(12-14-23)24(31-18-16-30(3)17-19-31)20-28-26(33)25(32)27-15-7-10-21-8-5-4-6-9-21/h4-6,8-9,11-14,24H,7,10,15-20H2,1-3H3,(H,27,32)(H,28,33). The Hall–Kier alpha value is -2.90. The van der Waals surface area contributed by atoms with E-state index in [1.807, 2.05) is 32.3 Å². The second-order valence-corrected chi connectivity index (χ2v) is 8.90. The number of benzene rings is 2. The predicted octanol–water partition coefficient (Wildman–Crippen LogP) is 1.91. The molecule has 1 atom stereocenters. The highest BCUT2D eigenvalue weighted by atomic mass is 16.2. The van der Waals surface area contributed by atoms with Gasteiger partial charge < -0.3 is 20.4 Å². The number of piperazine rings is 1. The van der Waals surface area contributed by atoms with E-state index in [1.165, 1.54) is 5.56 Å². The first-order valence-corrected chi connectivity index (χ1v) is 11.7. The molecule has 2 aromatic rings. The van der Waals surface area contributed by atoms with Gasteiger partial charge in [0, 0.05) is 59.1 Å². The predicted molar refractivity (Wildman–Crippen MR) is 133 cm³/mol. The second kappa shape index (κ2) is 12.4. The minimum atomic E-state index is -0.571. The molecular formula is C26H37N5O2. The normalized spacial score (nSPS) is 15.6. The van der Waals surface area contributed by atoms with E-state index < -0.39 is 11.8 Å². The number of carbonyl (C=O) groups is 2. The molecule has 7 heteroatoms. The van der Waals surface area contributed by atoms with Crippen LogP contribution in [-0.4, -0.2) is 82.0 Å². The van der Waals surface area contributed by atoms with Crippen molar-refractivity contribution in [3.8, 4) is 0 Å². The van der Waals surface area contributed by atoms with Crippen molar-refractivity contribution in [1.29, 1.82) is 0 Å². The molecule has 1 fully saturated rings. The van der Waals surface area contributed by atoms with Gasteiger partial charge in [-0.1, -0.05) is 42.5 Å². The van der Waals surface area contributed by atoms with E-state index in [2.05, 4.69) is 68.8 Å². The highest BCUT2D eigenvalue weighted by Crippen LogP contribution is 2.24. The van der Waals surface area contributed by atoms with Crippen molar-refractivity contribution in [3.05, 3.63) is 65.7 Å². The van der Waals surface area contributed by atoms with Crippen LogP contribution in [0, 0.1) is 0 Å². The average Bonchev–Trinajstić information content (AvgIpc) is 2.83. The van der Waals surface area contributed by atoms with Crippen LogP contribution >= 0.6 is 0 Å². The van der Waals surface area contributed by atoms with Crippen molar-refractivity contribution in [3.63, 3.8) is 0 Å². The van der Waals surface area contributed by atoms with Crippen LogP contribution in [0.3, 0.4) is 0 Å². The number of anilines is 1. The third-order valence-corrected chi connectivity index (χ3v) is 6.21. The summed E-state index contributed by atoms with van der Waals surface area (Å²) >= 11 is 0. The number of hydrogen-bond donors (Lipinski definition) is 2. The first-order valence-electron chi connectivity index (χ1n) is 11.7. The van der Waals surface area contributed by atoms with E-state index in [-0.39, 0.29) is 6.04 Å². The topological polar surface area (TPSA) is 67.9 Å². The van der Waals surface area contributed by atoms with Crippen LogP contribution in [0.1, 0.15) is 23.6 Å². The zero-order valence-electron chi connectivity index (χ0n) is 20.1. The van der Waals surface area contributed by atoms with Gasteiger partial charge in [0.1, 0.15) is 0 Å². The molecule has 0 bridgehead atoms. The largest absolute Gasteiger partial charge is 0.378 e. The van der Waals surface area contributed by atoms with Crippen molar-refractivity contribution in [1.82, 2.24) is 20.4 Å². The Morgan fingerprint density at radius 2 is 1.55 bits per heavy atom. The quantitative estimate of drug-likeness (QED) is 0.450. The molecule has 33 heavy (non-hydrogen) atoms. The van der Waals surface area contributed by atoms with Gasteiger partial charge in [-0.15, -0.1) is 0 Å². The minimum Gasteiger partial charge on any atom is -0.378 e. The zero-order chi connectivity index (χ0) is 23.6. The van der Waals surface area contributed by atoms with Crippen molar-refractivity contribution >= 4 is 17.5 Å². The maximum atomic E-state index is 12.5. The van der Waals surface area contributed by atoms with E-state index in [0.29, 0.717) is 13.1 Å². The van der Waals surface area contributed by atoms with Gasteiger partial charge in [-0.25, -0.2) is 0 Å². The molecule has 1 aliphatic heterocycles. The van der Waals surface area contributed by atoms with Gasteiger partial charge in [-0.3, -0.25) is 14.5 Å². The number of amides is 2. The first-order chi connectivity index (χ1) is 15.9. The summed E-state index contributed by atoms with van der Waals surface area (Å²) in [6, 6.07) is 18.6. The molecule has 2 N–H and O–H groups in total. The number of nitrogens with zero attached hydrogens (tertiary/aromatic N) is 3. The number of rotatable bonds is 9. The highest BCUT2D eigenvalue weighted by molar-refractivity contribution is 6.35. The van der Waals surface area contributed by atoms with Gasteiger partial charge >= 0.3 is 11.8 Å². The van der Waals surface area contributed by atoms with Gasteiger partial charge in [-0.2, -0.15) is 0 Å². The monoisotopic (exact) mass is 451 g/mol. The summed E-state index contributed by atoms with van der Waals surface area (Å²) in [5, 5.41) is 5.61. The summed E-state index contributed by atoms with van der Waals surface area (Å²) in [5.74, 6) is -1.14. The number of likely N-dealkylation sites (N-methyl/N-ethyl adjacent to an activating group) is 1. The van der Waals surface area contributed by atoms with E-state index in [9.17, 15) is 9.59 Å². The molecular weight excluding hydrogens is 414 g/mol. The Balaban J connectivity index is 1.53. The summed E-state index contributed by atoms with van der Waals surface area (Å²) in [4.78, 5) is 31.5. The summed E-state index contributed by atoms with van der Waals surface area (Å²) in [7, 11) is 6.17. The molecule has 1 unspecified atom stereocenters. The lowest BCUT2D eigenvalue weighted by molar-refractivity contribution is -0.139. The molecule has 0 radical (unpaired) electrons. The lowest BCUT2D eigenvalue weighted by Crippen LogP contribution is -2.49. The Morgan fingerprint density at radius 3 is 2.18 bits per heavy atom. The highest BCUT2D eigenvalue weighted by Gasteiger charge is 2.25. The maximum Gasteiger partial charge on any atom is 0.309 e. The first kappa shape index (κ1) is 24.7. The molecule has 0 aliphatic carbocycles. The fraction of sp³-hybridized carbons (Fsp3) is 0.462. The van der Waals surface area contributed by atoms with Crippen LogP contribution in [0.2, 0.25) is 0 Å². The van der Waals surface area contributed by atoms with Crippen LogP contribution in [0.5, 0.6) is 0 Å². The molecule has 0 saturated carbocycles. The molecule has 2 amide bonds. The summed E-state index contributed by atoms with van der Waals surface area (Å²) in [6.07, 6.45) is 1.67. The summed E-state index contributed by atoms with van der Waals surface area (Å²) in [5.41, 5.74) is 3.51. The Morgan fingerprint density at radius 1 is 0.909 bits per heavy atom. The van der Waals surface area contributed by atoms with E-state index in [1.54, 1.807) is 0 Å². The van der Waals surface area contributed by atoms with Gasteiger partial charge in [0.25, 0.3) is 0 Å². The third-order valence-electron chi connectivity index (χ3n) is 6.21. The van der Waals surface area contributed by atoms with E-state index in [0.717, 1.165) is 50.3 Å². The van der Waals surface area contributed by atoms with Gasteiger partial charge in [0.2, 0.25) is 0 Å². The fourth-order valence-electron chi connectivity index (χ4n) is 4.08. The van der Waals surface area contributed by atoms with Gasteiger partial charge in [0.15, 0.2) is 0 Å². The second-order valence-electron chi connectivity index (χ2n) is 8.90. The average molecular weight is 452 g/mol. The van der Waals surface area contributed by atoms with Gasteiger partial charge in [-0.05, 0) is 43.1 Å². The smallest absolute Gasteiger partial charge is 0.309 e. The van der Waals surface area contributed by atoms with E-state index in [4.69, 9.17) is 0 Å². The van der Waals surface area contributed by atoms with Crippen molar-refractivity contribution in [2.45, 2.75) is 18.9 Å². The van der Waals surface area contributed by atoms with Crippen LogP contribution in [0.15, 0.2) is 54.6 Å². The Bertz CT molecular complexity index is 877. The summed E-state index contributed by atoms with van der Waals surface area (Å²) < 4.78 is 0. The zero-order valence-corrected chi connectivity index (χ0v) is 20.1. The lowest BCUT2D eigenvalue weighted by atomic mass is 10.0. The number of carbonyl (C=O) groups excluding carboxylic acids is 2. The molecule has 178 valence electrons. The number of hydrogen-bond acceptors (Lipinski definition) is 5. The minimum absolute atomic E-state index is 0.0322. The molecule has 2 aromatic carbocycles.